The van der Waals surface area contributed by atoms with Crippen LogP contribution in [0.25, 0.3) is 0 Å². The van der Waals surface area contributed by atoms with Gasteiger partial charge in [-0.1, -0.05) is 12.1 Å². The standard InChI is InChI=1S/C18H15F3N2O5/c19-18(20,21)13-3-1-2-4-14(13)23-16(25)10-28-17(26)11-5-7-12(8-6-11)27-9-15(22)24/h1-8H,9-10H2,(H2,22,24)(H,23,25). The maximum absolute atomic E-state index is 12.9. The molecule has 0 aromatic heterocycles. The van der Waals surface area contributed by atoms with Crippen LogP contribution in [0.1, 0.15) is 15.9 Å². The first-order valence-electron chi connectivity index (χ1n) is 7.81. The first-order chi connectivity index (χ1) is 13.2. The average Bonchev–Trinajstić information content (AvgIpc) is 2.64. The number of ether oxygens (including phenoxy) is 2. The third-order valence-electron chi connectivity index (χ3n) is 3.31. The summed E-state index contributed by atoms with van der Waals surface area (Å²) in [4.78, 5) is 34.3. The molecule has 10 heteroatoms. The van der Waals surface area contributed by atoms with Crippen LogP contribution in [-0.2, 0) is 20.5 Å². The normalized spacial score (nSPS) is 10.8. The molecule has 0 spiro atoms. The summed E-state index contributed by atoms with van der Waals surface area (Å²) >= 11 is 0. The second kappa shape index (κ2) is 8.89. The highest BCUT2D eigenvalue weighted by Gasteiger charge is 2.33. The van der Waals surface area contributed by atoms with Gasteiger partial charge in [0.15, 0.2) is 13.2 Å². The predicted octanol–water partition coefficient (Wildman–Crippen LogP) is 2.37. The van der Waals surface area contributed by atoms with E-state index in [1.165, 1.54) is 36.4 Å². The summed E-state index contributed by atoms with van der Waals surface area (Å²) in [5.41, 5.74) is 3.56. The fourth-order valence-corrected chi connectivity index (χ4v) is 2.08. The van der Waals surface area contributed by atoms with E-state index in [0.717, 1.165) is 12.1 Å². The monoisotopic (exact) mass is 396 g/mol. The largest absolute Gasteiger partial charge is 0.484 e. The molecule has 3 N–H and O–H groups in total. The van der Waals surface area contributed by atoms with Gasteiger partial charge in [-0.2, -0.15) is 13.2 Å². The van der Waals surface area contributed by atoms with E-state index in [2.05, 4.69) is 5.32 Å². The van der Waals surface area contributed by atoms with E-state index in [4.69, 9.17) is 15.2 Å². The van der Waals surface area contributed by atoms with Crippen LogP contribution in [0.2, 0.25) is 0 Å². The molecule has 148 valence electrons. The lowest BCUT2D eigenvalue weighted by Gasteiger charge is -2.13. The van der Waals surface area contributed by atoms with Crippen molar-refractivity contribution in [2.24, 2.45) is 5.73 Å². The molecule has 0 aliphatic heterocycles. The van der Waals surface area contributed by atoms with Crippen LogP contribution in [0.3, 0.4) is 0 Å². The van der Waals surface area contributed by atoms with Gasteiger partial charge in [-0.3, -0.25) is 9.59 Å². The van der Waals surface area contributed by atoms with Gasteiger partial charge in [0.05, 0.1) is 16.8 Å². The fraction of sp³-hybridized carbons (Fsp3) is 0.167. The minimum absolute atomic E-state index is 0.0786. The van der Waals surface area contributed by atoms with Crippen LogP contribution in [-0.4, -0.2) is 31.0 Å². The van der Waals surface area contributed by atoms with Crippen molar-refractivity contribution in [2.45, 2.75) is 6.18 Å². The van der Waals surface area contributed by atoms with Gasteiger partial charge in [0.2, 0.25) is 0 Å². The van der Waals surface area contributed by atoms with Crippen LogP contribution in [0, 0.1) is 0 Å². The van der Waals surface area contributed by atoms with Gasteiger partial charge >= 0.3 is 12.1 Å². The highest BCUT2D eigenvalue weighted by Crippen LogP contribution is 2.34. The number of rotatable bonds is 7. The number of halogens is 3. The molecule has 28 heavy (non-hydrogen) atoms. The molecule has 0 saturated heterocycles. The molecule has 2 aromatic carbocycles. The second-order valence-electron chi connectivity index (χ2n) is 5.45. The number of carbonyl (C=O) groups is 3. The number of amides is 2. The van der Waals surface area contributed by atoms with E-state index in [1.807, 2.05) is 0 Å². The molecular formula is C18H15F3N2O5. The minimum Gasteiger partial charge on any atom is -0.484 e. The van der Waals surface area contributed by atoms with Gasteiger partial charge < -0.3 is 20.5 Å². The van der Waals surface area contributed by atoms with Crippen LogP contribution in [0.15, 0.2) is 48.5 Å². The van der Waals surface area contributed by atoms with Crippen molar-refractivity contribution in [1.82, 2.24) is 0 Å². The second-order valence-corrected chi connectivity index (χ2v) is 5.45. The SMILES string of the molecule is NC(=O)COc1ccc(C(=O)OCC(=O)Nc2ccccc2C(F)(F)F)cc1. The first kappa shape index (κ1) is 20.7. The number of para-hydroxylation sites is 1. The number of nitrogens with one attached hydrogen (secondary N) is 1. The van der Waals surface area contributed by atoms with Crippen LogP contribution < -0.4 is 15.8 Å². The molecule has 7 nitrogen and oxygen atoms in total. The molecule has 2 aromatic rings. The Labute approximate surface area is 157 Å². The number of esters is 1. The zero-order chi connectivity index (χ0) is 20.7. The summed E-state index contributed by atoms with van der Waals surface area (Å²) in [5.74, 6) is -2.16. The van der Waals surface area contributed by atoms with Gasteiger partial charge in [-0.05, 0) is 36.4 Å². The number of carbonyl (C=O) groups excluding carboxylic acids is 3. The van der Waals surface area contributed by atoms with Crippen molar-refractivity contribution in [1.29, 1.82) is 0 Å². The average molecular weight is 396 g/mol. The molecule has 2 rings (SSSR count). The molecule has 0 radical (unpaired) electrons. The Bertz CT molecular complexity index is 866. The molecular weight excluding hydrogens is 381 g/mol. The van der Waals surface area contributed by atoms with Crippen molar-refractivity contribution in [3.63, 3.8) is 0 Å². The lowest BCUT2D eigenvalue weighted by atomic mass is 10.1. The highest BCUT2D eigenvalue weighted by molar-refractivity contribution is 5.96. The molecule has 0 heterocycles. The van der Waals surface area contributed by atoms with E-state index in [-0.39, 0.29) is 17.9 Å². The van der Waals surface area contributed by atoms with E-state index < -0.39 is 41.8 Å². The van der Waals surface area contributed by atoms with Crippen LogP contribution >= 0.6 is 0 Å². The minimum atomic E-state index is -4.64. The molecule has 0 atom stereocenters. The van der Waals surface area contributed by atoms with Crippen molar-refractivity contribution < 1.29 is 37.0 Å². The Morgan fingerprint density at radius 2 is 1.61 bits per heavy atom. The lowest BCUT2D eigenvalue weighted by Crippen LogP contribution is -2.22. The smallest absolute Gasteiger partial charge is 0.418 e. The number of alkyl halides is 3. The summed E-state index contributed by atoms with van der Waals surface area (Å²) < 4.78 is 48.5. The van der Waals surface area contributed by atoms with E-state index in [0.29, 0.717) is 0 Å². The van der Waals surface area contributed by atoms with Crippen molar-refractivity contribution in [3.8, 4) is 5.75 Å². The Morgan fingerprint density at radius 1 is 0.964 bits per heavy atom. The molecule has 0 unspecified atom stereocenters. The Hall–Kier alpha value is -3.56. The summed E-state index contributed by atoms with van der Waals surface area (Å²) in [5, 5.41) is 2.06. The van der Waals surface area contributed by atoms with Crippen molar-refractivity contribution in [2.75, 3.05) is 18.5 Å². The van der Waals surface area contributed by atoms with Crippen LogP contribution in [0.5, 0.6) is 5.75 Å². The highest BCUT2D eigenvalue weighted by atomic mass is 19.4. The van der Waals surface area contributed by atoms with Gasteiger partial charge in [-0.25, -0.2) is 4.79 Å². The van der Waals surface area contributed by atoms with Gasteiger partial charge in [-0.15, -0.1) is 0 Å². The summed E-state index contributed by atoms with van der Waals surface area (Å²) in [6, 6.07) is 9.87. The molecule has 2 amide bonds. The third-order valence-corrected chi connectivity index (χ3v) is 3.31. The summed E-state index contributed by atoms with van der Waals surface area (Å²) in [6.07, 6.45) is -4.64. The molecule has 0 aliphatic carbocycles. The van der Waals surface area contributed by atoms with E-state index in [9.17, 15) is 27.6 Å². The number of benzene rings is 2. The number of anilines is 1. The summed E-state index contributed by atoms with van der Waals surface area (Å²) in [7, 11) is 0. The zero-order valence-corrected chi connectivity index (χ0v) is 14.3. The Kier molecular flexibility index (Phi) is 6.59. The van der Waals surface area contributed by atoms with Crippen molar-refractivity contribution >= 4 is 23.5 Å². The number of hydrogen-bond donors (Lipinski definition) is 2. The van der Waals surface area contributed by atoms with E-state index in [1.54, 1.807) is 0 Å². The van der Waals surface area contributed by atoms with E-state index >= 15 is 0 Å². The maximum Gasteiger partial charge on any atom is 0.418 e. The van der Waals surface area contributed by atoms with Gasteiger partial charge in [0.25, 0.3) is 11.8 Å². The third kappa shape index (κ3) is 6.01. The number of primary amides is 1. The molecule has 0 bridgehead atoms. The molecule has 0 saturated carbocycles. The Balaban J connectivity index is 1.91. The lowest BCUT2D eigenvalue weighted by molar-refractivity contribution is -0.137. The quantitative estimate of drug-likeness (QED) is 0.699. The predicted molar refractivity (Wildman–Crippen MR) is 91.5 cm³/mol. The number of hydrogen-bond acceptors (Lipinski definition) is 5. The van der Waals surface area contributed by atoms with Gasteiger partial charge in [0.1, 0.15) is 5.75 Å². The van der Waals surface area contributed by atoms with Crippen molar-refractivity contribution in [3.05, 3.63) is 59.7 Å². The van der Waals surface area contributed by atoms with Crippen LogP contribution in [0.4, 0.5) is 18.9 Å². The Morgan fingerprint density at radius 3 is 2.21 bits per heavy atom. The first-order valence-corrected chi connectivity index (χ1v) is 7.81. The zero-order valence-electron chi connectivity index (χ0n) is 14.3. The molecule has 0 fully saturated rings. The maximum atomic E-state index is 12.9. The molecule has 0 aliphatic rings. The summed E-state index contributed by atoms with van der Waals surface area (Å²) in [6.45, 7) is -1.10. The number of nitrogens with two attached hydrogens (primary N) is 1. The topological polar surface area (TPSA) is 108 Å². The fourth-order valence-electron chi connectivity index (χ4n) is 2.08. The van der Waals surface area contributed by atoms with Gasteiger partial charge in [0, 0.05) is 0 Å².